The zero-order chi connectivity index (χ0) is 13.2. The summed E-state index contributed by atoms with van der Waals surface area (Å²) in [4.78, 5) is 14.4. The Labute approximate surface area is 111 Å². The lowest BCUT2D eigenvalue weighted by Crippen LogP contribution is -2.46. The molecule has 0 spiro atoms. The van der Waals surface area contributed by atoms with Crippen molar-refractivity contribution >= 4 is 23.5 Å². The minimum Gasteiger partial charge on any atom is -0.388 e. The third kappa shape index (κ3) is 3.20. The number of nitrogens with one attached hydrogen (secondary N) is 1. The van der Waals surface area contributed by atoms with Gasteiger partial charge in [-0.05, 0) is 38.3 Å². The van der Waals surface area contributed by atoms with E-state index in [1.165, 1.54) is 0 Å². The maximum Gasteiger partial charge on any atom is 0.231 e. The van der Waals surface area contributed by atoms with Crippen LogP contribution in [0.25, 0.3) is 0 Å². The molecule has 1 aliphatic heterocycles. The molecule has 100 valence electrons. The van der Waals surface area contributed by atoms with Gasteiger partial charge in [-0.15, -0.1) is 0 Å². The van der Waals surface area contributed by atoms with Crippen LogP contribution in [0.5, 0.6) is 0 Å². The van der Waals surface area contributed by atoms with Gasteiger partial charge in [0.1, 0.15) is 0 Å². The molecule has 2 rings (SSSR count). The van der Waals surface area contributed by atoms with Crippen molar-refractivity contribution in [2.75, 3.05) is 29.9 Å². The van der Waals surface area contributed by atoms with E-state index < -0.39 is 5.60 Å². The average Bonchev–Trinajstić information content (AvgIpc) is 2.27. The topological polar surface area (TPSA) is 74.2 Å². The van der Waals surface area contributed by atoms with E-state index in [0.717, 1.165) is 25.9 Å². The molecule has 0 radical (unpaired) electrons. The van der Waals surface area contributed by atoms with Crippen LogP contribution in [0.15, 0.2) is 0 Å². The fourth-order valence-corrected chi connectivity index (χ4v) is 2.26. The van der Waals surface area contributed by atoms with Gasteiger partial charge in [-0.2, -0.15) is 15.0 Å². The highest BCUT2D eigenvalue weighted by atomic mass is 35.5. The second kappa shape index (κ2) is 5.24. The van der Waals surface area contributed by atoms with Gasteiger partial charge in [0.2, 0.25) is 17.2 Å². The van der Waals surface area contributed by atoms with Crippen molar-refractivity contribution in [2.24, 2.45) is 0 Å². The van der Waals surface area contributed by atoms with E-state index in [2.05, 4.69) is 20.3 Å². The summed E-state index contributed by atoms with van der Waals surface area (Å²) in [6.45, 7) is 5.84. The molecule has 0 aliphatic carbocycles. The highest BCUT2D eigenvalue weighted by Gasteiger charge is 2.30. The third-order valence-corrected chi connectivity index (χ3v) is 3.06. The molecule has 0 amide bonds. The molecule has 1 fully saturated rings. The van der Waals surface area contributed by atoms with Crippen LogP contribution in [0.4, 0.5) is 11.9 Å². The molecule has 1 aromatic heterocycles. The zero-order valence-corrected chi connectivity index (χ0v) is 11.4. The van der Waals surface area contributed by atoms with Gasteiger partial charge in [0.05, 0.1) is 5.60 Å². The Hall–Kier alpha value is -1.14. The van der Waals surface area contributed by atoms with E-state index in [-0.39, 0.29) is 5.28 Å². The molecule has 0 saturated carbocycles. The van der Waals surface area contributed by atoms with Crippen LogP contribution in [0, 0.1) is 0 Å². The number of piperidine rings is 1. The zero-order valence-electron chi connectivity index (χ0n) is 10.6. The smallest absolute Gasteiger partial charge is 0.231 e. The minimum absolute atomic E-state index is 0.168. The summed E-state index contributed by atoms with van der Waals surface area (Å²) in [7, 11) is 0. The number of halogens is 1. The third-order valence-electron chi connectivity index (χ3n) is 2.89. The largest absolute Gasteiger partial charge is 0.388 e. The van der Waals surface area contributed by atoms with Crippen molar-refractivity contribution in [1.29, 1.82) is 0 Å². The van der Waals surface area contributed by atoms with Crippen LogP contribution in [0.2, 0.25) is 5.28 Å². The Kier molecular flexibility index (Phi) is 3.87. The molecule has 18 heavy (non-hydrogen) atoms. The van der Waals surface area contributed by atoms with Gasteiger partial charge in [-0.3, -0.25) is 0 Å². The number of nitrogens with zero attached hydrogens (tertiary/aromatic N) is 4. The summed E-state index contributed by atoms with van der Waals surface area (Å²) >= 11 is 5.88. The van der Waals surface area contributed by atoms with Crippen molar-refractivity contribution in [3.05, 3.63) is 5.28 Å². The highest BCUT2D eigenvalue weighted by Crippen LogP contribution is 2.24. The standard InChI is InChI=1S/C11H18ClN5O/c1-3-13-9-14-8(12)15-10(16-9)17-6-4-5-11(2,18)7-17/h18H,3-7H2,1-2H3,(H,13,14,15,16). The normalized spacial score (nSPS) is 24.1. The Balaban J connectivity index is 2.21. The fraction of sp³-hybridized carbons (Fsp3) is 0.727. The lowest BCUT2D eigenvalue weighted by Gasteiger charge is -2.36. The Morgan fingerprint density at radius 1 is 1.44 bits per heavy atom. The van der Waals surface area contributed by atoms with Crippen molar-refractivity contribution in [1.82, 2.24) is 15.0 Å². The summed E-state index contributed by atoms with van der Waals surface area (Å²) in [5, 5.41) is 13.3. The summed E-state index contributed by atoms with van der Waals surface area (Å²) in [5.74, 6) is 0.989. The van der Waals surface area contributed by atoms with Gasteiger partial charge >= 0.3 is 0 Å². The van der Waals surface area contributed by atoms with E-state index in [1.54, 1.807) is 0 Å². The molecule has 1 saturated heterocycles. The molecule has 1 unspecified atom stereocenters. The molecule has 2 heterocycles. The lowest BCUT2D eigenvalue weighted by atomic mass is 9.95. The van der Waals surface area contributed by atoms with Crippen LogP contribution < -0.4 is 10.2 Å². The second-order valence-corrected chi connectivity index (χ2v) is 5.12. The number of hydrogen-bond donors (Lipinski definition) is 2. The number of anilines is 2. The first-order chi connectivity index (χ1) is 8.50. The number of aromatic nitrogens is 3. The maximum atomic E-state index is 10.1. The summed E-state index contributed by atoms with van der Waals surface area (Å²) < 4.78 is 0. The van der Waals surface area contributed by atoms with E-state index in [0.29, 0.717) is 18.4 Å². The van der Waals surface area contributed by atoms with Crippen LogP contribution in [-0.2, 0) is 0 Å². The monoisotopic (exact) mass is 271 g/mol. The molecular formula is C11H18ClN5O. The molecule has 1 aromatic rings. The molecule has 7 heteroatoms. The van der Waals surface area contributed by atoms with Crippen molar-refractivity contribution in [2.45, 2.75) is 32.3 Å². The lowest BCUT2D eigenvalue weighted by molar-refractivity contribution is 0.0444. The van der Waals surface area contributed by atoms with E-state index >= 15 is 0 Å². The highest BCUT2D eigenvalue weighted by molar-refractivity contribution is 6.28. The van der Waals surface area contributed by atoms with Crippen molar-refractivity contribution in [3.63, 3.8) is 0 Å². The minimum atomic E-state index is -0.699. The quantitative estimate of drug-likeness (QED) is 0.863. The number of rotatable bonds is 3. The number of hydrogen-bond acceptors (Lipinski definition) is 6. The van der Waals surface area contributed by atoms with E-state index in [4.69, 9.17) is 11.6 Å². The first-order valence-electron chi connectivity index (χ1n) is 6.13. The Bertz CT molecular complexity index is 426. The molecular weight excluding hydrogens is 254 g/mol. The SMILES string of the molecule is CCNc1nc(Cl)nc(N2CCCC(C)(O)C2)n1. The molecule has 0 bridgehead atoms. The number of aliphatic hydroxyl groups is 1. The van der Waals surface area contributed by atoms with Gasteiger partial charge in [-0.1, -0.05) is 0 Å². The molecule has 2 N–H and O–H groups in total. The first kappa shape index (κ1) is 13.3. The first-order valence-corrected chi connectivity index (χ1v) is 6.51. The van der Waals surface area contributed by atoms with Crippen LogP contribution >= 0.6 is 11.6 Å². The van der Waals surface area contributed by atoms with E-state index in [9.17, 15) is 5.11 Å². The van der Waals surface area contributed by atoms with Crippen LogP contribution in [0.1, 0.15) is 26.7 Å². The van der Waals surface area contributed by atoms with Gasteiger partial charge in [-0.25, -0.2) is 0 Å². The molecule has 1 atom stereocenters. The van der Waals surface area contributed by atoms with Gasteiger partial charge in [0.25, 0.3) is 0 Å². The maximum absolute atomic E-state index is 10.1. The average molecular weight is 272 g/mol. The predicted octanol–water partition coefficient (Wildman–Crippen LogP) is 1.31. The molecule has 6 nitrogen and oxygen atoms in total. The van der Waals surface area contributed by atoms with Crippen LogP contribution in [-0.4, -0.2) is 45.3 Å². The van der Waals surface area contributed by atoms with Crippen molar-refractivity contribution in [3.8, 4) is 0 Å². The van der Waals surface area contributed by atoms with Gasteiger partial charge in [0, 0.05) is 19.6 Å². The number of β-amino-alcohol motifs (C(OH)–C–C–N with tert-alkyl or cyclic N) is 1. The summed E-state index contributed by atoms with van der Waals surface area (Å²) in [5.41, 5.74) is -0.699. The predicted molar refractivity (Wildman–Crippen MR) is 71.1 cm³/mol. The van der Waals surface area contributed by atoms with Gasteiger partial charge < -0.3 is 15.3 Å². The molecule has 1 aliphatic rings. The molecule has 0 aromatic carbocycles. The fourth-order valence-electron chi connectivity index (χ4n) is 2.11. The summed E-state index contributed by atoms with van der Waals surface area (Å²) in [6, 6.07) is 0. The van der Waals surface area contributed by atoms with Crippen LogP contribution in [0.3, 0.4) is 0 Å². The van der Waals surface area contributed by atoms with Gasteiger partial charge in [0.15, 0.2) is 0 Å². The van der Waals surface area contributed by atoms with E-state index in [1.807, 2.05) is 18.7 Å². The Morgan fingerprint density at radius 3 is 2.89 bits per heavy atom. The van der Waals surface area contributed by atoms with Crippen molar-refractivity contribution < 1.29 is 5.11 Å². The Morgan fingerprint density at radius 2 is 2.22 bits per heavy atom. The summed E-state index contributed by atoms with van der Waals surface area (Å²) in [6.07, 6.45) is 1.70. The second-order valence-electron chi connectivity index (χ2n) is 4.78.